The van der Waals surface area contributed by atoms with Gasteiger partial charge in [0.05, 0.1) is 0 Å². The highest BCUT2D eigenvalue weighted by Gasteiger charge is 2.48. The Morgan fingerprint density at radius 3 is 2.39 bits per heavy atom. The van der Waals surface area contributed by atoms with Gasteiger partial charge < -0.3 is 5.32 Å². The van der Waals surface area contributed by atoms with Crippen molar-refractivity contribution in [2.45, 2.75) is 32.2 Å². The Balaban J connectivity index is 1.88. The molecule has 18 heavy (non-hydrogen) atoms. The SMILES string of the molecule is CNC(c1cc(C)c(F)cc1F)C1CC2CC2C1. The summed E-state index contributed by atoms with van der Waals surface area (Å²) in [5, 5.41) is 3.23. The summed E-state index contributed by atoms with van der Waals surface area (Å²) in [6.45, 7) is 1.69. The first-order valence-electron chi connectivity index (χ1n) is 6.73. The van der Waals surface area contributed by atoms with Gasteiger partial charge in [0.1, 0.15) is 11.6 Å². The van der Waals surface area contributed by atoms with Crippen molar-refractivity contribution in [3.8, 4) is 0 Å². The summed E-state index contributed by atoms with van der Waals surface area (Å²) >= 11 is 0. The van der Waals surface area contributed by atoms with Gasteiger partial charge >= 0.3 is 0 Å². The van der Waals surface area contributed by atoms with E-state index in [4.69, 9.17) is 0 Å². The Morgan fingerprint density at radius 2 is 1.78 bits per heavy atom. The molecule has 1 aromatic carbocycles. The molecule has 2 aliphatic rings. The Morgan fingerprint density at radius 1 is 1.11 bits per heavy atom. The number of aryl methyl sites for hydroxylation is 1. The van der Waals surface area contributed by atoms with E-state index in [-0.39, 0.29) is 6.04 Å². The minimum atomic E-state index is -0.458. The molecule has 0 aromatic heterocycles. The van der Waals surface area contributed by atoms with Crippen LogP contribution in [0.1, 0.15) is 36.4 Å². The lowest BCUT2D eigenvalue weighted by atomic mass is 9.88. The Hall–Kier alpha value is -0.960. The van der Waals surface area contributed by atoms with Crippen LogP contribution in [0.2, 0.25) is 0 Å². The van der Waals surface area contributed by atoms with Crippen molar-refractivity contribution in [3.05, 3.63) is 34.9 Å². The van der Waals surface area contributed by atoms with Crippen molar-refractivity contribution in [2.75, 3.05) is 7.05 Å². The summed E-state index contributed by atoms with van der Waals surface area (Å²) in [6.07, 6.45) is 3.73. The van der Waals surface area contributed by atoms with Crippen molar-refractivity contribution in [3.63, 3.8) is 0 Å². The number of benzene rings is 1. The van der Waals surface area contributed by atoms with E-state index in [0.717, 1.165) is 17.9 Å². The minimum Gasteiger partial charge on any atom is -0.313 e. The molecule has 98 valence electrons. The second-order valence-electron chi connectivity index (χ2n) is 5.88. The first-order valence-corrected chi connectivity index (χ1v) is 6.73. The molecule has 3 rings (SSSR count). The molecule has 0 saturated heterocycles. The Labute approximate surface area is 107 Å². The van der Waals surface area contributed by atoms with Crippen LogP contribution < -0.4 is 5.32 Å². The topological polar surface area (TPSA) is 12.0 Å². The molecule has 0 spiro atoms. The molecule has 3 unspecified atom stereocenters. The number of hydrogen-bond donors (Lipinski definition) is 1. The zero-order valence-electron chi connectivity index (χ0n) is 10.8. The van der Waals surface area contributed by atoms with Gasteiger partial charge in [-0.05, 0) is 62.6 Å². The molecule has 0 bridgehead atoms. The third kappa shape index (κ3) is 1.95. The standard InChI is InChI=1S/C15H19F2N/c1-8-3-12(14(17)7-13(8)16)15(18-2)11-5-9-4-10(9)6-11/h3,7,9-11,15,18H,4-6H2,1-2H3. The zero-order chi connectivity index (χ0) is 12.9. The van der Waals surface area contributed by atoms with Crippen LogP contribution >= 0.6 is 0 Å². The fourth-order valence-corrected chi connectivity index (χ4v) is 3.60. The molecule has 0 heterocycles. The molecule has 1 N–H and O–H groups in total. The van der Waals surface area contributed by atoms with Crippen LogP contribution in [0.5, 0.6) is 0 Å². The molecular weight excluding hydrogens is 232 g/mol. The largest absolute Gasteiger partial charge is 0.313 e. The van der Waals surface area contributed by atoms with Crippen molar-refractivity contribution in [1.82, 2.24) is 5.32 Å². The summed E-state index contributed by atoms with van der Waals surface area (Å²) in [5.74, 6) is 1.36. The number of hydrogen-bond acceptors (Lipinski definition) is 1. The summed E-state index contributed by atoms with van der Waals surface area (Å²) < 4.78 is 27.3. The molecule has 1 nitrogen and oxygen atoms in total. The highest BCUT2D eigenvalue weighted by molar-refractivity contribution is 5.29. The van der Waals surface area contributed by atoms with Gasteiger partial charge in [0.2, 0.25) is 0 Å². The summed E-state index contributed by atoms with van der Waals surface area (Å²) in [4.78, 5) is 0. The van der Waals surface area contributed by atoms with E-state index in [1.807, 2.05) is 7.05 Å². The number of halogens is 2. The van der Waals surface area contributed by atoms with Crippen LogP contribution in [0.3, 0.4) is 0 Å². The molecule has 3 atom stereocenters. The summed E-state index contributed by atoms with van der Waals surface area (Å²) in [5.41, 5.74) is 1.15. The smallest absolute Gasteiger partial charge is 0.130 e. The number of nitrogens with one attached hydrogen (secondary N) is 1. The minimum absolute atomic E-state index is 0.0251. The van der Waals surface area contributed by atoms with E-state index in [9.17, 15) is 8.78 Å². The highest BCUT2D eigenvalue weighted by Crippen LogP contribution is 2.57. The van der Waals surface area contributed by atoms with Crippen LogP contribution in [-0.2, 0) is 0 Å². The van der Waals surface area contributed by atoms with Crippen LogP contribution in [0, 0.1) is 36.3 Å². The molecule has 0 amide bonds. The zero-order valence-corrected chi connectivity index (χ0v) is 10.8. The average molecular weight is 251 g/mol. The second-order valence-corrected chi connectivity index (χ2v) is 5.88. The van der Waals surface area contributed by atoms with Gasteiger partial charge in [-0.3, -0.25) is 0 Å². The first-order chi connectivity index (χ1) is 8.60. The predicted molar refractivity (Wildman–Crippen MR) is 67.2 cm³/mol. The van der Waals surface area contributed by atoms with Crippen LogP contribution in [-0.4, -0.2) is 7.05 Å². The molecule has 2 aliphatic carbocycles. The van der Waals surface area contributed by atoms with Crippen molar-refractivity contribution in [2.24, 2.45) is 17.8 Å². The number of fused-ring (bicyclic) bond motifs is 1. The van der Waals surface area contributed by atoms with E-state index in [1.54, 1.807) is 13.0 Å². The lowest BCUT2D eigenvalue weighted by molar-refractivity contribution is 0.349. The quantitative estimate of drug-likeness (QED) is 0.865. The lowest BCUT2D eigenvalue weighted by Gasteiger charge is -2.25. The Kier molecular flexibility index (Phi) is 2.89. The molecule has 2 saturated carbocycles. The maximum atomic E-state index is 13.9. The monoisotopic (exact) mass is 251 g/mol. The van der Waals surface area contributed by atoms with Crippen LogP contribution in [0.15, 0.2) is 12.1 Å². The molecular formula is C15H19F2N. The normalized spacial score (nSPS) is 31.2. The van der Waals surface area contributed by atoms with E-state index < -0.39 is 11.6 Å². The fourth-order valence-electron chi connectivity index (χ4n) is 3.60. The van der Waals surface area contributed by atoms with Gasteiger partial charge in [-0.1, -0.05) is 0 Å². The molecule has 2 fully saturated rings. The van der Waals surface area contributed by atoms with E-state index in [1.165, 1.54) is 19.3 Å². The maximum Gasteiger partial charge on any atom is 0.130 e. The van der Waals surface area contributed by atoms with Crippen molar-refractivity contribution < 1.29 is 8.78 Å². The lowest BCUT2D eigenvalue weighted by Crippen LogP contribution is -2.25. The van der Waals surface area contributed by atoms with Crippen molar-refractivity contribution in [1.29, 1.82) is 0 Å². The molecule has 1 aromatic rings. The van der Waals surface area contributed by atoms with Crippen LogP contribution in [0.25, 0.3) is 0 Å². The second kappa shape index (κ2) is 4.30. The molecule has 0 aliphatic heterocycles. The molecule has 3 heteroatoms. The van der Waals surface area contributed by atoms with Gasteiger partial charge in [-0.15, -0.1) is 0 Å². The Bertz CT molecular complexity index is 462. The van der Waals surface area contributed by atoms with Gasteiger partial charge in [0, 0.05) is 17.7 Å². The van der Waals surface area contributed by atoms with Gasteiger partial charge in [-0.2, -0.15) is 0 Å². The third-order valence-electron chi connectivity index (χ3n) is 4.68. The van der Waals surface area contributed by atoms with Crippen LogP contribution in [0.4, 0.5) is 8.78 Å². The first kappa shape index (κ1) is 12.1. The maximum absolute atomic E-state index is 13.9. The fraction of sp³-hybridized carbons (Fsp3) is 0.600. The third-order valence-corrected chi connectivity index (χ3v) is 4.68. The van der Waals surface area contributed by atoms with E-state index in [2.05, 4.69) is 5.32 Å². The van der Waals surface area contributed by atoms with Crippen molar-refractivity contribution >= 4 is 0 Å². The highest BCUT2D eigenvalue weighted by atomic mass is 19.1. The van der Waals surface area contributed by atoms with E-state index in [0.29, 0.717) is 17.0 Å². The number of rotatable bonds is 3. The summed E-state index contributed by atoms with van der Waals surface area (Å²) in [7, 11) is 1.87. The van der Waals surface area contributed by atoms with Gasteiger partial charge in [0.25, 0.3) is 0 Å². The van der Waals surface area contributed by atoms with E-state index >= 15 is 0 Å². The van der Waals surface area contributed by atoms with Gasteiger partial charge in [-0.25, -0.2) is 8.78 Å². The predicted octanol–water partition coefficient (Wildman–Crippen LogP) is 3.58. The van der Waals surface area contributed by atoms with Gasteiger partial charge in [0.15, 0.2) is 0 Å². The molecule has 0 radical (unpaired) electrons. The average Bonchev–Trinajstić information content (AvgIpc) is 2.94. The summed E-state index contributed by atoms with van der Waals surface area (Å²) in [6, 6.07) is 2.71.